The second-order valence-corrected chi connectivity index (χ2v) is 16.0. The van der Waals surface area contributed by atoms with Crippen LogP contribution < -0.4 is 21.3 Å². The number of rotatable bonds is 12. The molecule has 268 valence electrons. The van der Waals surface area contributed by atoms with Crippen LogP contribution in [0.2, 0.25) is 0 Å². The van der Waals surface area contributed by atoms with Gasteiger partial charge < -0.3 is 26.2 Å². The molecule has 3 heterocycles. The summed E-state index contributed by atoms with van der Waals surface area (Å²) in [5, 5.41) is 13.6. The van der Waals surface area contributed by atoms with Crippen LogP contribution in [0.15, 0.2) is 35.7 Å². The Balaban J connectivity index is 1.63. The number of hydrogen-bond donors (Lipinski definition) is 4. The first kappa shape index (κ1) is 38.0. The molecule has 2 fully saturated rings. The summed E-state index contributed by atoms with van der Waals surface area (Å²) >= 11 is 1.20. The molecule has 4 N–H and O–H groups in total. The summed E-state index contributed by atoms with van der Waals surface area (Å²) in [6, 6.07) is 6.12. The Morgan fingerprint density at radius 1 is 1.04 bits per heavy atom. The molecule has 0 bridgehead atoms. The van der Waals surface area contributed by atoms with Gasteiger partial charge in [-0.05, 0) is 58.5 Å². The average Bonchev–Trinajstić information content (AvgIpc) is 3.79. The van der Waals surface area contributed by atoms with Gasteiger partial charge in [-0.3, -0.25) is 24.1 Å². The molecule has 0 radical (unpaired) electrons. The summed E-state index contributed by atoms with van der Waals surface area (Å²) in [5.74, 6) is -1.79. The predicted octanol–water partition coefficient (Wildman–Crippen LogP) is 3.83. The summed E-state index contributed by atoms with van der Waals surface area (Å²) in [5.41, 5.74) is 0.338. The highest BCUT2D eigenvalue weighted by Gasteiger charge is 2.47. The van der Waals surface area contributed by atoms with Crippen LogP contribution in [-0.4, -0.2) is 100 Å². The summed E-state index contributed by atoms with van der Waals surface area (Å²) in [6.07, 6.45) is 1.04. The maximum atomic E-state index is 14.4. The first-order chi connectivity index (χ1) is 23.0. The number of carbonyl (C=O) groups excluding carboxylic acids is 5. The molecule has 5 atom stereocenters. The Kier molecular flexibility index (Phi) is 12.2. The van der Waals surface area contributed by atoms with E-state index in [9.17, 15) is 24.0 Å². The molecule has 0 spiro atoms. The lowest BCUT2D eigenvalue weighted by Crippen LogP contribution is -2.61. The minimum atomic E-state index is -1.02. The van der Waals surface area contributed by atoms with Crippen molar-refractivity contribution in [1.82, 2.24) is 36.1 Å². The van der Waals surface area contributed by atoms with Crippen LogP contribution in [0, 0.1) is 11.3 Å². The van der Waals surface area contributed by atoms with Crippen molar-refractivity contribution in [3.8, 4) is 11.3 Å². The van der Waals surface area contributed by atoms with Crippen molar-refractivity contribution >= 4 is 40.9 Å². The number of hydrogen-bond acceptors (Lipinski definition) is 8. The summed E-state index contributed by atoms with van der Waals surface area (Å²) in [6.45, 7) is 17.5. The van der Waals surface area contributed by atoms with Gasteiger partial charge in [0.1, 0.15) is 12.1 Å². The highest BCUT2D eigenvalue weighted by Crippen LogP contribution is 2.30. The van der Waals surface area contributed by atoms with Crippen molar-refractivity contribution in [2.45, 2.75) is 104 Å². The van der Waals surface area contributed by atoms with Gasteiger partial charge in [0.05, 0.1) is 11.7 Å². The maximum absolute atomic E-state index is 14.4. The molecule has 0 unspecified atom stereocenters. The topological polar surface area (TPSA) is 153 Å². The third-order valence-corrected chi connectivity index (χ3v) is 10.0. The van der Waals surface area contributed by atoms with Crippen LogP contribution in [0.25, 0.3) is 11.3 Å². The summed E-state index contributed by atoms with van der Waals surface area (Å²) < 4.78 is 0. The number of urea groups is 1. The lowest BCUT2D eigenvalue weighted by Gasteiger charge is -2.36. The Morgan fingerprint density at radius 2 is 1.71 bits per heavy atom. The third-order valence-electron chi connectivity index (χ3n) is 9.17. The molecule has 1 aromatic carbocycles. The predicted molar refractivity (Wildman–Crippen MR) is 191 cm³/mol. The van der Waals surface area contributed by atoms with Crippen molar-refractivity contribution in [2.75, 3.05) is 26.2 Å². The molecule has 1 aromatic heterocycles. The van der Waals surface area contributed by atoms with Crippen molar-refractivity contribution in [3.05, 3.63) is 40.7 Å². The molecule has 2 aromatic rings. The van der Waals surface area contributed by atoms with Gasteiger partial charge >= 0.3 is 6.03 Å². The van der Waals surface area contributed by atoms with Crippen LogP contribution in [0.3, 0.4) is 0 Å². The van der Waals surface area contributed by atoms with Gasteiger partial charge in [0.15, 0.2) is 5.01 Å². The lowest BCUT2D eigenvalue weighted by molar-refractivity contribution is -0.142. The number of nitrogens with zero attached hydrogens (tertiary/aromatic N) is 3. The minimum absolute atomic E-state index is 0.0964. The molecule has 13 heteroatoms. The molecular formula is C36H53N7O5S. The van der Waals surface area contributed by atoms with E-state index in [-0.39, 0.29) is 35.1 Å². The monoisotopic (exact) mass is 695 g/mol. The number of aromatic nitrogens is 1. The molecule has 2 aliphatic rings. The molecule has 49 heavy (non-hydrogen) atoms. The van der Waals surface area contributed by atoms with Gasteiger partial charge in [0.25, 0.3) is 0 Å². The van der Waals surface area contributed by atoms with Gasteiger partial charge in [0, 0.05) is 41.5 Å². The smallest absolute Gasteiger partial charge is 0.315 e. The van der Waals surface area contributed by atoms with E-state index in [1.54, 1.807) is 4.90 Å². The third kappa shape index (κ3) is 9.66. The van der Waals surface area contributed by atoms with Crippen LogP contribution in [0.4, 0.5) is 4.79 Å². The van der Waals surface area contributed by atoms with Gasteiger partial charge in [-0.1, -0.05) is 65.0 Å². The van der Waals surface area contributed by atoms with Crippen LogP contribution in [-0.2, 0) is 14.4 Å². The molecule has 4 rings (SSSR count). The summed E-state index contributed by atoms with van der Waals surface area (Å²) in [7, 11) is 0. The number of amides is 5. The highest BCUT2D eigenvalue weighted by molar-refractivity contribution is 7.12. The second kappa shape index (κ2) is 15.8. The van der Waals surface area contributed by atoms with Gasteiger partial charge in [0.2, 0.25) is 23.5 Å². The Bertz CT molecular complexity index is 1490. The number of benzene rings is 1. The maximum Gasteiger partial charge on any atom is 0.315 e. The van der Waals surface area contributed by atoms with E-state index in [1.165, 1.54) is 11.3 Å². The summed E-state index contributed by atoms with van der Waals surface area (Å²) in [4.78, 5) is 76.8. The molecule has 0 aliphatic carbocycles. The highest BCUT2D eigenvalue weighted by atomic mass is 32.1. The number of carbonyl (C=O) groups is 5. The molecule has 12 nitrogen and oxygen atoms in total. The SMILES string of the molecule is CCN(CC)[C@@H]1C[C@@H](C(=O)N[C@@H](C[C@@H]2CCNC2=O)C(=O)c2nc(-c3ccccc3)cs2)N(C(=O)[C@@H](NC(=O)NC(C)(C)C)C(C)(C)C)C1. The number of thiazole rings is 1. The first-order valence-corrected chi connectivity index (χ1v) is 18.2. The number of Topliss-reactive ketones (excluding diaryl/α,β-unsaturated/α-hetero) is 1. The van der Waals surface area contributed by atoms with E-state index in [1.807, 2.05) is 91.1 Å². The Hall–Kier alpha value is -3.84. The van der Waals surface area contributed by atoms with E-state index >= 15 is 0 Å². The van der Waals surface area contributed by atoms with Gasteiger partial charge in [-0.15, -0.1) is 11.3 Å². The molecule has 5 amide bonds. The van der Waals surface area contributed by atoms with Crippen molar-refractivity contribution < 1.29 is 24.0 Å². The fraction of sp³-hybridized carbons (Fsp3) is 0.611. The van der Waals surface area contributed by atoms with E-state index in [0.29, 0.717) is 31.6 Å². The van der Waals surface area contributed by atoms with Crippen LogP contribution >= 0.6 is 11.3 Å². The van der Waals surface area contributed by atoms with E-state index < -0.39 is 46.9 Å². The average molecular weight is 696 g/mol. The largest absolute Gasteiger partial charge is 0.356 e. The fourth-order valence-corrected chi connectivity index (χ4v) is 7.39. The zero-order valence-electron chi connectivity index (χ0n) is 30.1. The Labute approximate surface area is 294 Å². The first-order valence-electron chi connectivity index (χ1n) is 17.3. The molecule has 2 saturated heterocycles. The standard InChI is InChI=1S/C36H53N7O5S/c1-9-42(10-2)24-19-27(43(20-24)33(47)29(35(3,4)5)40-34(48)41-36(6,7)8)31(46)38-25(18-23-16-17-37-30(23)45)28(44)32-39-26(21-49-32)22-14-12-11-13-15-22/h11-15,21,23-25,27,29H,9-10,16-20H2,1-8H3,(H,37,45)(H,38,46)(H2,40,41,48)/t23-,24+,25-,27-,29+/m0/s1. The lowest BCUT2D eigenvalue weighted by atomic mass is 9.85. The Morgan fingerprint density at radius 3 is 2.29 bits per heavy atom. The van der Waals surface area contributed by atoms with Crippen molar-refractivity contribution in [3.63, 3.8) is 0 Å². The van der Waals surface area contributed by atoms with Crippen molar-refractivity contribution in [2.24, 2.45) is 11.3 Å². The van der Waals surface area contributed by atoms with E-state index in [0.717, 1.165) is 18.7 Å². The zero-order chi connectivity index (χ0) is 36.1. The molecule has 2 aliphatic heterocycles. The quantitative estimate of drug-likeness (QED) is 0.246. The molecular weight excluding hydrogens is 643 g/mol. The molecule has 0 saturated carbocycles. The second-order valence-electron chi connectivity index (χ2n) is 15.1. The van der Waals surface area contributed by atoms with E-state index in [2.05, 4.69) is 31.2 Å². The minimum Gasteiger partial charge on any atom is -0.356 e. The van der Waals surface area contributed by atoms with Gasteiger partial charge in [-0.25, -0.2) is 9.78 Å². The normalized spacial score (nSPS) is 20.9. The fourth-order valence-electron chi connectivity index (χ4n) is 6.56. The van der Waals surface area contributed by atoms with Crippen molar-refractivity contribution in [1.29, 1.82) is 0 Å². The van der Waals surface area contributed by atoms with Gasteiger partial charge in [-0.2, -0.15) is 0 Å². The van der Waals surface area contributed by atoms with Crippen LogP contribution in [0.1, 0.15) is 84.5 Å². The van der Waals surface area contributed by atoms with E-state index in [4.69, 9.17) is 0 Å². The number of ketones is 1. The van der Waals surface area contributed by atoms with Crippen LogP contribution in [0.5, 0.6) is 0 Å². The zero-order valence-corrected chi connectivity index (χ0v) is 30.9. The number of likely N-dealkylation sites (tertiary alicyclic amines) is 1. The number of likely N-dealkylation sites (N-methyl/N-ethyl adjacent to an activating group) is 1. The number of nitrogens with one attached hydrogen (secondary N) is 4.